The highest BCUT2D eigenvalue weighted by Gasteiger charge is 2.51. The van der Waals surface area contributed by atoms with E-state index in [-0.39, 0.29) is 24.4 Å². The van der Waals surface area contributed by atoms with Gasteiger partial charge in [-0.25, -0.2) is 9.83 Å². The number of rotatable bonds is 5. The first-order chi connectivity index (χ1) is 17.6. The summed E-state index contributed by atoms with van der Waals surface area (Å²) in [6.07, 6.45) is 6.07. The maximum absolute atomic E-state index is 7.14. The van der Waals surface area contributed by atoms with Crippen molar-refractivity contribution in [2.45, 2.75) is 76.6 Å². The van der Waals surface area contributed by atoms with Crippen LogP contribution in [0.15, 0.2) is 48.7 Å². The zero-order chi connectivity index (χ0) is 26.4. The maximum Gasteiger partial charge on any atom is 0.494 e. The molecule has 3 aromatic rings. The van der Waals surface area contributed by atoms with Gasteiger partial charge in [0.05, 0.1) is 40.8 Å². The lowest BCUT2D eigenvalue weighted by Crippen LogP contribution is -2.41. The molecule has 0 atom stereocenters. The Morgan fingerprint density at radius 3 is 2.27 bits per heavy atom. The molecule has 2 fully saturated rings. The summed E-state index contributed by atoms with van der Waals surface area (Å²) in [6, 6.07) is 13.7. The number of imidazole rings is 1. The fraction of sp³-hybridized carbons (Fsp3) is 0.448. The molecular weight excluding hydrogens is 485 g/mol. The normalized spacial score (nSPS) is 22.6. The molecule has 2 aromatic carbocycles. The molecule has 1 aromatic heterocycles. The molecule has 1 saturated carbocycles. The van der Waals surface area contributed by atoms with Gasteiger partial charge in [0.15, 0.2) is 0 Å². The van der Waals surface area contributed by atoms with Gasteiger partial charge in [-0.2, -0.15) is 0 Å². The van der Waals surface area contributed by atoms with Crippen molar-refractivity contribution in [2.75, 3.05) is 0 Å². The smallest absolute Gasteiger partial charge is 0.490 e. The molecule has 0 spiro atoms. The van der Waals surface area contributed by atoms with Gasteiger partial charge in [-0.1, -0.05) is 41.9 Å². The van der Waals surface area contributed by atoms with E-state index in [2.05, 4.69) is 68.4 Å². The first-order valence-corrected chi connectivity index (χ1v) is 13.3. The van der Waals surface area contributed by atoms with Crippen LogP contribution < -0.4 is 10.2 Å². The molecule has 1 aliphatic heterocycles. The lowest BCUT2D eigenvalue weighted by molar-refractivity contribution is 0.00578. The summed E-state index contributed by atoms with van der Waals surface area (Å²) in [5.74, 6) is 2.24. The molecule has 0 amide bonds. The van der Waals surface area contributed by atoms with Gasteiger partial charge in [-0.3, -0.25) is 0 Å². The molecule has 5 rings (SSSR count). The average Bonchev–Trinajstić information content (AvgIpc) is 3.35. The first kappa shape index (κ1) is 25.8. The molecular formula is C29H33BClN3O3. The molecule has 0 radical (unpaired) electrons. The predicted octanol–water partition coefficient (Wildman–Crippen LogP) is 6.70. The van der Waals surface area contributed by atoms with Gasteiger partial charge >= 0.3 is 7.12 Å². The number of nitrogens with zero attached hydrogens (tertiary/aromatic N) is 3. The summed E-state index contributed by atoms with van der Waals surface area (Å²) in [5.41, 5.74) is 2.99. The van der Waals surface area contributed by atoms with Crippen LogP contribution in [0.4, 0.5) is 5.69 Å². The molecule has 192 valence electrons. The minimum Gasteiger partial charge on any atom is -0.490 e. The van der Waals surface area contributed by atoms with E-state index in [1.807, 2.05) is 12.3 Å². The SMILES string of the molecule is [C-]#[N+]c1ccc(OC2CCC(c3ncc(-c4ccc(B5OC(C)(C)C(C)(C)O5)cc4)n3C)CC2)cc1Cl. The lowest BCUT2D eigenvalue weighted by Gasteiger charge is -2.32. The van der Waals surface area contributed by atoms with Crippen LogP contribution in [0.3, 0.4) is 0 Å². The van der Waals surface area contributed by atoms with Crippen LogP contribution in [-0.4, -0.2) is 34.0 Å². The van der Waals surface area contributed by atoms with Gasteiger partial charge in [-0.05, 0) is 76.5 Å². The van der Waals surface area contributed by atoms with E-state index in [4.69, 9.17) is 37.2 Å². The molecule has 1 saturated heterocycles. The van der Waals surface area contributed by atoms with Crippen LogP contribution in [0, 0.1) is 6.57 Å². The van der Waals surface area contributed by atoms with Gasteiger partial charge in [0.2, 0.25) is 5.69 Å². The van der Waals surface area contributed by atoms with Crippen molar-refractivity contribution < 1.29 is 14.0 Å². The third-order valence-electron chi connectivity index (χ3n) is 8.14. The second-order valence-electron chi connectivity index (χ2n) is 11.1. The monoisotopic (exact) mass is 517 g/mol. The van der Waals surface area contributed by atoms with Crippen molar-refractivity contribution in [2.24, 2.45) is 7.05 Å². The fourth-order valence-corrected chi connectivity index (χ4v) is 5.36. The lowest BCUT2D eigenvalue weighted by atomic mass is 9.79. The minimum atomic E-state index is -0.361. The van der Waals surface area contributed by atoms with E-state index >= 15 is 0 Å². The summed E-state index contributed by atoms with van der Waals surface area (Å²) in [5, 5.41) is 0.436. The van der Waals surface area contributed by atoms with Crippen molar-refractivity contribution in [1.29, 1.82) is 0 Å². The number of benzene rings is 2. The van der Waals surface area contributed by atoms with Gasteiger partial charge < -0.3 is 18.6 Å². The van der Waals surface area contributed by atoms with E-state index in [1.165, 1.54) is 0 Å². The summed E-state index contributed by atoms with van der Waals surface area (Å²) >= 11 is 6.17. The highest BCUT2D eigenvalue weighted by molar-refractivity contribution is 6.62. The van der Waals surface area contributed by atoms with Crippen molar-refractivity contribution in [3.63, 3.8) is 0 Å². The van der Waals surface area contributed by atoms with Crippen molar-refractivity contribution in [3.05, 3.63) is 70.9 Å². The Morgan fingerprint density at radius 2 is 1.68 bits per heavy atom. The number of hydrogen-bond acceptors (Lipinski definition) is 4. The molecule has 8 heteroatoms. The zero-order valence-corrected chi connectivity index (χ0v) is 22.9. The highest BCUT2D eigenvalue weighted by Crippen LogP contribution is 2.38. The Labute approximate surface area is 224 Å². The van der Waals surface area contributed by atoms with Gasteiger partial charge in [-0.15, -0.1) is 0 Å². The van der Waals surface area contributed by atoms with Crippen LogP contribution in [0.1, 0.15) is 65.1 Å². The molecule has 37 heavy (non-hydrogen) atoms. The summed E-state index contributed by atoms with van der Waals surface area (Å²) in [4.78, 5) is 8.23. The number of halogens is 1. The summed E-state index contributed by atoms with van der Waals surface area (Å²) in [7, 11) is 1.74. The molecule has 2 heterocycles. The Balaban J connectivity index is 1.22. The summed E-state index contributed by atoms with van der Waals surface area (Å²) in [6.45, 7) is 15.4. The van der Waals surface area contributed by atoms with Crippen molar-refractivity contribution >= 4 is 29.9 Å². The molecule has 1 aliphatic carbocycles. The third-order valence-corrected chi connectivity index (χ3v) is 8.44. The molecule has 2 aliphatic rings. The molecule has 0 unspecified atom stereocenters. The fourth-order valence-electron chi connectivity index (χ4n) is 5.14. The molecule has 0 bridgehead atoms. The van der Waals surface area contributed by atoms with Crippen molar-refractivity contribution in [3.8, 4) is 17.0 Å². The predicted molar refractivity (Wildman–Crippen MR) is 148 cm³/mol. The molecule has 0 N–H and O–H groups in total. The van der Waals surface area contributed by atoms with Crippen LogP contribution in [0.2, 0.25) is 5.02 Å². The summed E-state index contributed by atoms with van der Waals surface area (Å²) < 4.78 is 20.8. The van der Waals surface area contributed by atoms with Crippen molar-refractivity contribution in [1.82, 2.24) is 9.55 Å². The standard InChI is InChI=1S/C29H33BClN3O3/c1-28(2)29(3,4)37-30(36-28)21-11-7-19(8-12-21)26-18-33-27(34(26)6)20-9-13-22(14-10-20)35-23-15-16-25(32-5)24(31)17-23/h7-8,11-12,15-18,20,22H,9-10,13-14H2,1-4,6H3. The Hall–Kier alpha value is -2.79. The van der Waals surface area contributed by atoms with Gasteiger partial charge in [0, 0.05) is 13.0 Å². The third kappa shape index (κ3) is 5.03. The highest BCUT2D eigenvalue weighted by atomic mass is 35.5. The van der Waals surface area contributed by atoms with Crippen LogP contribution in [-0.2, 0) is 16.4 Å². The zero-order valence-electron chi connectivity index (χ0n) is 22.1. The number of aromatic nitrogens is 2. The second kappa shape index (κ2) is 9.83. The number of hydrogen-bond donors (Lipinski definition) is 0. The van der Waals surface area contributed by atoms with E-state index < -0.39 is 0 Å². The van der Waals surface area contributed by atoms with E-state index in [1.54, 1.807) is 12.1 Å². The van der Waals surface area contributed by atoms with Crippen LogP contribution in [0.5, 0.6) is 5.75 Å². The Kier molecular flexibility index (Phi) is 6.87. The van der Waals surface area contributed by atoms with E-state index in [0.29, 0.717) is 16.6 Å². The topological polar surface area (TPSA) is 49.9 Å². The number of ether oxygens (including phenoxy) is 1. The Bertz CT molecular complexity index is 1310. The van der Waals surface area contributed by atoms with E-state index in [9.17, 15) is 0 Å². The average molecular weight is 518 g/mol. The van der Waals surface area contributed by atoms with Gasteiger partial charge in [0.1, 0.15) is 11.6 Å². The largest absolute Gasteiger partial charge is 0.494 e. The first-order valence-electron chi connectivity index (χ1n) is 12.9. The quantitative estimate of drug-likeness (QED) is 0.279. The molecule has 6 nitrogen and oxygen atoms in total. The van der Waals surface area contributed by atoms with Gasteiger partial charge in [0.25, 0.3) is 0 Å². The van der Waals surface area contributed by atoms with E-state index in [0.717, 1.165) is 54.0 Å². The minimum absolute atomic E-state index is 0.147. The second-order valence-corrected chi connectivity index (χ2v) is 11.5. The Morgan fingerprint density at radius 1 is 1.03 bits per heavy atom. The van der Waals surface area contributed by atoms with Crippen LogP contribution >= 0.6 is 11.6 Å². The maximum atomic E-state index is 7.14. The van der Waals surface area contributed by atoms with Crippen LogP contribution in [0.25, 0.3) is 16.1 Å².